The fraction of sp³-hybridized carbons (Fsp3) is 0.583. The number of hydrogen-bond acceptors (Lipinski definition) is 2. The number of aromatic nitrogens is 2. The summed E-state index contributed by atoms with van der Waals surface area (Å²) in [5.41, 5.74) is 1.30. The summed E-state index contributed by atoms with van der Waals surface area (Å²) in [6, 6.07) is 0. The maximum Gasteiger partial charge on any atom is 0.0949 e. The maximum atomic E-state index is 4.15. The van der Waals surface area contributed by atoms with Crippen LogP contribution in [0.2, 0.25) is 0 Å². The van der Waals surface area contributed by atoms with Crippen LogP contribution in [0.3, 0.4) is 0 Å². The SMILES string of the molecule is CC(C)C#CCN1CCn2cncc2C1. The van der Waals surface area contributed by atoms with E-state index in [1.165, 1.54) is 5.69 Å². The van der Waals surface area contributed by atoms with Gasteiger partial charge in [-0.1, -0.05) is 25.7 Å². The van der Waals surface area contributed by atoms with E-state index in [1.54, 1.807) is 0 Å². The molecule has 80 valence electrons. The second kappa shape index (κ2) is 4.50. The molecular weight excluding hydrogens is 186 g/mol. The van der Waals surface area contributed by atoms with Crippen LogP contribution in [-0.4, -0.2) is 27.5 Å². The molecule has 0 unspecified atom stereocenters. The van der Waals surface area contributed by atoms with Crippen molar-refractivity contribution in [1.29, 1.82) is 0 Å². The summed E-state index contributed by atoms with van der Waals surface area (Å²) in [7, 11) is 0. The third-order valence-corrected chi connectivity index (χ3v) is 2.53. The van der Waals surface area contributed by atoms with Gasteiger partial charge in [0.05, 0.1) is 18.6 Å². The highest BCUT2D eigenvalue weighted by molar-refractivity contribution is 5.06. The third kappa shape index (κ3) is 2.60. The number of hydrogen-bond donors (Lipinski definition) is 0. The molecule has 0 amide bonds. The van der Waals surface area contributed by atoms with Gasteiger partial charge in [0.1, 0.15) is 0 Å². The molecule has 1 aliphatic heterocycles. The van der Waals surface area contributed by atoms with Gasteiger partial charge in [-0.15, -0.1) is 0 Å². The van der Waals surface area contributed by atoms with Crippen molar-refractivity contribution in [2.24, 2.45) is 5.92 Å². The van der Waals surface area contributed by atoms with Crippen LogP contribution in [-0.2, 0) is 13.1 Å². The molecular formula is C12H17N3. The minimum absolute atomic E-state index is 0.473. The van der Waals surface area contributed by atoms with Crippen molar-refractivity contribution in [3.63, 3.8) is 0 Å². The Labute approximate surface area is 91.1 Å². The van der Waals surface area contributed by atoms with Gasteiger partial charge in [-0.25, -0.2) is 4.98 Å². The van der Waals surface area contributed by atoms with Gasteiger partial charge in [0.2, 0.25) is 0 Å². The standard InChI is InChI=1S/C12H17N3/c1-11(2)4-3-5-14-6-7-15-10-13-8-12(15)9-14/h8,10-11H,5-7,9H2,1-2H3. The summed E-state index contributed by atoms with van der Waals surface area (Å²) >= 11 is 0. The molecule has 0 atom stereocenters. The lowest BCUT2D eigenvalue weighted by Crippen LogP contribution is -2.33. The number of fused-ring (bicyclic) bond motifs is 1. The van der Waals surface area contributed by atoms with E-state index in [1.807, 2.05) is 12.5 Å². The Morgan fingerprint density at radius 2 is 2.33 bits per heavy atom. The Bertz CT molecular complexity index is 381. The molecule has 0 aromatic carbocycles. The van der Waals surface area contributed by atoms with Gasteiger partial charge in [-0.2, -0.15) is 0 Å². The Balaban J connectivity index is 1.91. The zero-order valence-electron chi connectivity index (χ0n) is 9.40. The third-order valence-electron chi connectivity index (χ3n) is 2.53. The first-order valence-electron chi connectivity index (χ1n) is 5.45. The van der Waals surface area contributed by atoms with Crippen LogP contribution >= 0.6 is 0 Å². The average Bonchev–Trinajstić information content (AvgIpc) is 2.64. The van der Waals surface area contributed by atoms with Crippen molar-refractivity contribution < 1.29 is 0 Å². The van der Waals surface area contributed by atoms with Crippen LogP contribution in [0.1, 0.15) is 19.5 Å². The first-order valence-corrected chi connectivity index (χ1v) is 5.45. The van der Waals surface area contributed by atoms with Crippen molar-refractivity contribution >= 4 is 0 Å². The van der Waals surface area contributed by atoms with Crippen LogP contribution in [0.4, 0.5) is 0 Å². The monoisotopic (exact) mass is 203 g/mol. The molecule has 3 heteroatoms. The molecule has 0 saturated heterocycles. The van der Waals surface area contributed by atoms with Crippen LogP contribution < -0.4 is 0 Å². The van der Waals surface area contributed by atoms with E-state index in [0.29, 0.717) is 5.92 Å². The summed E-state index contributed by atoms with van der Waals surface area (Å²) in [6.45, 7) is 8.22. The molecule has 0 spiro atoms. The van der Waals surface area contributed by atoms with Gasteiger partial charge in [0.15, 0.2) is 0 Å². The highest BCUT2D eigenvalue weighted by Gasteiger charge is 2.14. The summed E-state index contributed by atoms with van der Waals surface area (Å²) in [5.74, 6) is 6.89. The first-order chi connectivity index (χ1) is 7.25. The molecule has 0 N–H and O–H groups in total. The zero-order valence-corrected chi connectivity index (χ0v) is 9.40. The van der Waals surface area contributed by atoms with E-state index in [9.17, 15) is 0 Å². The van der Waals surface area contributed by atoms with Crippen molar-refractivity contribution in [3.05, 3.63) is 18.2 Å². The lowest BCUT2D eigenvalue weighted by Gasteiger charge is -2.25. The maximum absolute atomic E-state index is 4.15. The largest absolute Gasteiger partial charge is 0.332 e. The van der Waals surface area contributed by atoms with Gasteiger partial charge in [-0.3, -0.25) is 4.90 Å². The van der Waals surface area contributed by atoms with E-state index < -0.39 is 0 Å². The van der Waals surface area contributed by atoms with Gasteiger partial charge in [-0.05, 0) is 0 Å². The Morgan fingerprint density at radius 1 is 1.47 bits per heavy atom. The van der Waals surface area contributed by atoms with E-state index in [-0.39, 0.29) is 0 Å². The molecule has 0 radical (unpaired) electrons. The molecule has 0 fully saturated rings. The lowest BCUT2D eigenvalue weighted by atomic mass is 10.2. The fourth-order valence-corrected chi connectivity index (χ4v) is 1.73. The zero-order chi connectivity index (χ0) is 10.7. The van der Waals surface area contributed by atoms with E-state index in [2.05, 4.69) is 40.1 Å². The molecule has 2 rings (SSSR count). The van der Waals surface area contributed by atoms with Gasteiger partial charge in [0.25, 0.3) is 0 Å². The quantitative estimate of drug-likeness (QED) is 0.643. The van der Waals surface area contributed by atoms with Crippen molar-refractivity contribution in [2.45, 2.75) is 26.9 Å². The Kier molecular flexibility index (Phi) is 3.08. The van der Waals surface area contributed by atoms with Gasteiger partial charge < -0.3 is 4.57 Å². The molecule has 0 bridgehead atoms. The predicted octanol–water partition coefficient (Wildman–Crippen LogP) is 1.36. The van der Waals surface area contributed by atoms with E-state index >= 15 is 0 Å². The molecule has 0 aliphatic carbocycles. The smallest absolute Gasteiger partial charge is 0.0949 e. The Morgan fingerprint density at radius 3 is 3.13 bits per heavy atom. The Hall–Kier alpha value is -1.27. The molecule has 0 saturated carbocycles. The molecule has 1 aliphatic rings. The minimum atomic E-state index is 0.473. The van der Waals surface area contributed by atoms with Gasteiger partial charge in [0, 0.05) is 31.7 Å². The van der Waals surface area contributed by atoms with Crippen molar-refractivity contribution in [2.75, 3.05) is 13.1 Å². The molecule has 1 aromatic rings. The molecule has 1 aromatic heterocycles. The predicted molar refractivity (Wildman–Crippen MR) is 60.1 cm³/mol. The van der Waals surface area contributed by atoms with E-state index in [0.717, 1.165) is 26.2 Å². The van der Waals surface area contributed by atoms with Crippen LogP contribution in [0.15, 0.2) is 12.5 Å². The van der Waals surface area contributed by atoms with Gasteiger partial charge >= 0.3 is 0 Å². The highest BCUT2D eigenvalue weighted by atomic mass is 15.2. The molecule has 2 heterocycles. The second-order valence-electron chi connectivity index (χ2n) is 4.26. The summed E-state index contributed by atoms with van der Waals surface area (Å²) in [5, 5.41) is 0. The number of rotatable bonds is 1. The number of imidazole rings is 1. The number of nitrogens with zero attached hydrogens (tertiary/aromatic N) is 3. The average molecular weight is 203 g/mol. The minimum Gasteiger partial charge on any atom is -0.332 e. The topological polar surface area (TPSA) is 21.1 Å². The van der Waals surface area contributed by atoms with Crippen LogP contribution in [0.5, 0.6) is 0 Å². The van der Waals surface area contributed by atoms with Crippen molar-refractivity contribution in [1.82, 2.24) is 14.5 Å². The molecule has 15 heavy (non-hydrogen) atoms. The summed E-state index contributed by atoms with van der Waals surface area (Å²) in [6.07, 6.45) is 3.86. The summed E-state index contributed by atoms with van der Waals surface area (Å²) < 4.78 is 2.21. The van der Waals surface area contributed by atoms with Crippen LogP contribution in [0.25, 0.3) is 0 Å². The normalized spacial score (nSPS) is 15.9. The first kappa shape index (κ1) is 10.3. The molecule has 3 nitrogen and oxygen atoms in total. The van der Waals surface area contributed by atoms with Crippen LogP contribution in [0, 0.1) is 17.8 Å². The fourth-order valence-electron chi connectivity index (χ4n) is 1.73. The van der Waals surface area contributed by atoms with E-state index in [4.69, 9.17) is 0 Å². The van der Waals surface area contributed by atoms with Crippen molar-refractivity contribution in [3.8, 4) is 11.8 Å². The lowest BCUT2D eigenvalue weighted by molar-refractivity contribution is 0.247. The highest BCUT2D eigenvalue weighted by Crippen LogP contribution is 2.10. The second-order valence-corrected chi connectivity index (χ2v) is 4.26. The summed E-state index contributed by atoms with van der Waals surface area (Å²) in [4.78, 5) is 6.51.